The molecule has 22 heavy (non-hydrogen) atoms. The van der Waals surface area contributed by atoms with E-state index in [4.69, 9.17) is 0 Å². The van der Waals surface area contributed by atoms with Crippen LogP contribution in [0.4, 0.5) is 5.95 Å². The van der Waals surface area contributed by atoms with Crippen LogP contribution in [0.1, 0.15) is 46.0 Å². The Kier molecular flexibility index (Phi) is 4.31. The number of hydrogen-bond donors (Lipinski definition) is 0. The van der Waals surface area contributed by atoms with Crippen molar-refractivity contribution in [3.63, 3.8) is 0 Å². The molecule has 1 aromatic heterocycles. The molecule has 1 amide bonds. The number of anilines is 1. The summed E-state index contributed by atoms with van der Waals surface area (Å²) < 4.78 is 1.98. The number of aromatic nitrogens is 4. The van der Waals surface area contributed by atoms with E-state index in [9.17, 15) is 4.79 Å². The van der Waals surface area contributed by atoms with E-state index in [2.05, 4.69) is 27.3 Å². The van der Waals surface area contributed by atoms with Gasteiger partial charge >= 0.3 is 0 Å². The van der Waals surface area contributed by atoms with Crippen LogP contribution < -0.4 is 4.90 Å². The molecule has 0 N–H and O–H groups in total. The summed E-state index contributed by atoms with van der Waals surface area (Å²) in [6.45, 7) is 8.10. The third kappa shape index (κ3) is 3.23. The molecule has 1 saturated heterocycles. The first kappa shape index (κ1) is 15.2. The molecule has 2 aliphatic rings. The van der Waals surface area contributed by atoms with Crippen molar-refractivity contribution in [2.45, 2.75) is 52.5 Å². The number of carbonyl (C=O) groups excluding carboxylic acids is 1. The first-order valence-electron chi connectivity index (χ1n) is 8.40. The molecule has 0 unspecified atom stereocenters. The third-order valence-electron chi connectivity index (χ3n) is 4.96. The molecule has 1 aromatic rings. The fourth-order valence-corrected chi connectivity index (χ4v) is 3.47. The second kappa shape index (κ2) is 6.22. The second-order valence-electron chi connectivity index (χ2n) is 6.73. The van der Waals surface area contributed by atoms with E-state index in [1.807, 2.05) is 9.58 Å². The van der Waals surface area contributed by atoms with Crippen LogP contribution in [0.2, 0.25) is 0 Å². The van der Waals surface area contributed by atoms with Crippen molar-refractivity contribution in [1.29, 1.82) is 0 Å². The Morgan fingerprint density at radius 1 is 1.23 bits per heavy atom. The van der Waals surface area contributed by atoms with Gasteiger partial charge in [-0.15, -0.1) is 0 Å². The summed E-state index contributed by atoms with van der Waals surface area (Å²) in [5, 5.41) is 12.4. The predicted octanol–water partition coefficient (Wildman–Crippen LogP) is 1.31. The number of amides is 1. The highest BCUT2D eigenvalue weighted by molar-refractivity contribution is 5.73. The first-order chi connectivity index (χ1) is 10.6. The standard InChI is InChI=1S/C15H26N6O/c1-3-5-15(6-7-15)12-21-14(16-17-18-21)20-9-4-8-19(10-11-20)13(2)22/h3-12H2,1-2H3. The van der Waals surface area contributed by atoms with Crippen molar-refractivity contribution < 1.29 is 4.79 Å². The van der Waals surface area contributed by atoms with Crippen molar-refractivity contribution in [2.75, 3.05) is 31.1 Å². The topological polar surface area (TPSA) is 67.2 Å². The van der Waals surface area contributed by atoms with Gasteiger partial charge in [-0.25, -0.2) is 4.68 Å². The number of hydrogen-bond acceptors (Lipinski definition) is 5. The molecule has 7 nitrogen and oxygen atoms in total. The Balaban J connectivity index is 1.68. The van der Waals surface area contributed by atoms with Gasteiger partial charge in [0.15, 0.2) is 0 Å². The molecule has 3 rings (SSSR count). The Morgan fingerprint density at radius 2 is 2.05 bits per heavy atom. The Hall–Kier alpha value is -1.66. The summed E-state index contributed by atoms with van der Waals surface area (Å²) >= 11 is 0. The lowest BCUT2D eigenvalue weighted by molar-refractivity contribution is -0.128. The van der Waals surface area contributed by atoms with Gasteiger partial charge in [0.1, 0.15) is 0 Å². The lowest BCUT2D eigenvalue weighted by Crippen LogP contribution is -2.34. The van der Waals surface area contributed by atoms with Gasteiger partial charge in [0.2, 0.25) is 11.9 Å². The van der Waals surface area contributed by atoms with Gasteiger partial charge in [-0.05, 0) is 41.5 Å². The number of nitrogens with zero attached hydrogens (tertiary/aromatic N) is 6. The Bertz CT molecular complexity index is 524. The van der Waals surface area contributed by atoms with E-state index in [0.29, 0.717) is 5.41 Å². The van der Waals surface area contributed by atoms with Crippen LogP contribution in [0.5, 0.6) is 0 Å². The quantitative estimate of drug-likeness (QED) is 0.820. The molecule has 2 heterocycles. The summed E-state index contributed by atoms with van der Waals surface area (Å²) in [5.74, 6) is 1.02. The van der Waals surface area contributed by atoms with E-state index in [1.54, 1.807) is 6.92 Å². The van der Waals surface area contributed by atoms with Crippen LogP contribution in [0, 0.1) is 5.41 Å². The molecule has 122 valence electrons. The largest absolute Gasteiger partial charge is 0.341 e. The highest BCUT2D eigenvalue weighted by Crippen LogP contribution is 2.51. The van der Waals surface area contributed by atoms with Crippen LogP contribution in [0.15, 0.2) is 0 Å². The normalized spacial score (nSPS) is 20.8. The smallest absolute Gasteiger partial charge is 0.245 e. The van der Waals surface area contributed by atoms with Crippen molar-refractivity contribution in [2.24, 2.45) is 5.41 Å². The van der Waals surface area contributed by atoms with Crippen LogP contribution in [0.25, 0.3) is 0 Å². The van der Waals surface area contributed by atoms with Crippen molar-refractivity contribution in [3.05, 3.63) is 0 Å². The molecule has 0 bridgehead atoms. The van der Waals surface area contributed by atoms with E-state index in [-0.39, 0.29) is 5.91 Å². The summed E-state index contributed by atoms with van der Waals surface area (Å²) in [4.78, 5) is 15.7. The maximum Gasteiger partial charge on any atom is 0.245 e. The minimum absolute atomic E-state index is 0.154. The molecular weight excluding hydrogens is 280 g/mol. The number of carbonyl (C=O) groups is 1. The molecule has 0 aromatic carbocycles. The zero-order chi connectivity index (χ0) is 15.6. The zero-order valence-corrected chi connectivity index (χ0v) is 13.7. The summed E-state index contributed by atoms with van der Waals surface area (Å²) in [6, 6.07) is 0. The Morgan fingerprint density at radius 3 is 2.73 bits per heavy atom. The second-order valence-corrected chi connectivity index (χ2v) is 6.73. The number of tetrazole rings is 1. The maximum atomic E-state index is 11.5. The molecular formula is C15H26N6O. The molecule has 1 aliphatic carbocycles. The average Bonchev–Trinajstić information content (AvgIpc) is 3.16. The molecule has 0 radical (unpaired) electrons. The monoisotopic (exact) mass is 306 g/mol. The average molecular weight is 306 g/mol. The first-order valence-corrected chi connectivity index (χ1v) is 8.40. The van der Waals surface area contributed by atoms with E-state index in [1.165, 1.54) is 25.7 Å². The van der Waals surface area contributed by atoms with Gasteiger partial charge in [-0.1, -0.05) is 18.4 Å². The van der Waals surface area contributed by atoms with Gasteiger partial charge < -0.3 is 9.80 Å². The Labute approximate surface area is 131 Å². The van der Waals surface area contributed by atoms with Gasteiger partial charge in [0.25, 0.3) is 0 Å². The molecule has 2 fully saturated rings. The van der Waals surface area contributed by atoms with Gasteiger partial charge in [-0.2, -0.15) is 0 Å². The SMILES string of the molecule is CCCC1(Cn2nnnc2N2CCCN(C(C)=O)CC2)CC1. The lowest BCUT2D eigenvalue weighted by Gasteiger charge is -2.23. The predicted molar refractivity (Wildman–Crippen MR) is 83.5 cm³/mol. The lowest BCUT2D eigenvalue weighted by atomic mass is 10.0. The fraction of sp³-hybridized carbons (Fsp3) is 0.867. The van der Waals surface area contributed by atoms with E-state index >= 15 is 0 Å². The highest BCUT2D eigenvalue weighted by Gasteiger charge is 2.43. The maximum absolute atomic E-state index is 11.5. The van der Waals surface area contributed by atoms with Gasteiger partial charge in [-0.3, -0.25) is 4.79 Å². The van der Waals surface area contributed by atoms with Gasteiger partial charge in [0.05, 0.1) is 6.54 Å². The summed E-state index contributed by atoms with van der Waals surface area (Å²) in [6.07, 6.45) is 6.02. The van der Waals surface area contributed by atoms with E-state index < -0.39 is 0 Å². The molecule has 1 aliphatic heterocycles. The van der Waals surface area contributed by atoms with Crippen LogP contribution in [0.3, 0.4) is 0 Å². The van der Waals surface area contributed by atoms with Crippen molar-refractivity contribution >= 4 is 11.9 Å². The van der Waals surface area contributed by atoms with Crippen molar-refractivity contribution in [1.82, 2.24) is 25.1 Å². The van der Waals surface area contributed by atoms with Crippen LogP contribution in [-0.2, 0) is 11.3 Å². The van der Waals surface area contributed by atoms with Crippen LogP contribution >= 0.6 is 0 Å². The number of rotatable bonds is 5. The molecule has 0 spiro atoms. The molecule has 0 atom stereocenters. The fourth-order valence-electron chi connectivity index (χ4n) is 3.47. The van der Waals surface area contributed by atoms with Crippen molar-refractivity contribution in [3.8, 4) is 0 Å². The van der Waals surface area contributed by atoms with Crippen LogP contribution in [-0.4, -0.2) is 57.2 Å². The summed E-state index contributed by atoms with van der Waals surface area (Å²) in [5.41, 5.74) is 0.427. The minimum Gasteiger partial charge on any atom is -0.341 e. The van der Waals surface area contributed by atoms with Gasteiger partial charge in [0, 0.05) is 33.1 Å². The highest BCUT2D eigenvalue weighted by atomic mass is 16.2. The van der Waals surface area contributed by atoms with E-state index in [0.717, 1.165) is 45.1 Å². The summed E-state index contributed by atoms with van der Waals surface area (Å²) in [7, 11) is 0. The zero-order valence-electron chi connectivity index (χ0n) is 13.7. The third-order valence-corrected chi connectivity index (χ3v) is 4.96. The molecule has 7 heteroatoms. The minimum atomic E-state index is 0.154. The molecule has 1 saturated carbocycles.